The van der Waals surface area contributed by atoms with Gasteiger partial charge in [-0.2, -0.15) is 23.3 Å². The van der Waals surface area contributed by atoms with E-state index in [0.717, 1.165) is 4.68 Å². The van der Waals surface area contributed by atoms with Gasteiger partial charge >= 0.3 is 6.18 Å². The molecular formula is C12H11F3N4O3S2. The molecule has 24 heavy (non-hydrogen) atoms. The van der Waals surface area contributed by atoms with E-state index in [1.165, 1.54) is 32.3 Å². The van der Waals surface area contributed by atoms with E-state index in [4.69, 9.17) is 0 Å². The summed E-state index contributed by atoms with van der Waals surface area (Å²) in [5.74, 6) is -1.32. The summed E-state index contributed by atoms with van der Waals surface area (Å²) in [4.78, 5) is 18.8. The number of amides is 1. The molecule has 0 aromatic carbocycles. The number of hydrogen-bond donors (Lipinski definition) is 0. The first-order chi connectivity index (χ1) is 11.1. The monoisotopic (exact) mass is 380 g/mol. The highest BCUT2D eigenvalue weighted by Crippen LogP contribution is 2.28. The van der Waals surface area contributed by atoms with Gasteiger partial charge in [0.05, 0.1) is 10.6 Å². The zero-order chi connectivity index (χ0) is 18.1. The van der Waals surface area contributed by atoms with Crippen LogP contribution in [0.25, 0.3) is 0 Å². The summed E-state index contributed by atoms with van der Waals surface area (Å²) in [6.07, 6.45) is -3.47. The van der Waals surface area contributed by atoms with Crippen LogP contribution >= 0.6 is 11.3 Å². The topological polar surface area (TPSA) is 94.3 Å². The summed E-state index contributed by atoms with van der Waals surface area (Å²) in [6, 6.07) is 2.54. The number of rotatable bonds is 3. The van der Waals surface area contributed by atoms with Gasteiger partial charge in [-0.15, -0.1) is 0 Å². The number of halogens is 3. The molecule has 0 aliphatic carbocycles. The molecule has 2 rings (SSSR count). The highest BCUT2D eigenvalue weighted by atomic mass is 32.2. The molecule has 0 fully saturated rings. The minimum atomic E-state index is -4.67. The molecule has 2 aromatic rings. The van der Waals surface area contributed by atoms with Crippen molar-refractivity contribution in [2.45, 2.75) is 18.0 Å². The van der Waals surface area contributed by atoms with Crippen molar-refractivity contribution in [1.29, 1.82) is 0 Å². The smallest absolute Gasteiger partial charge is 0.265 e. The molecule has 1 amide bonds. The number of aryl methyl sites for hydroxylation is 1. The molecule has 0 saturated heterocycles. The van der Waals surface area contributed by atoms with Gasteiger partial charge in [-0.25, -0.2) is 18.1 Å². The molecule has 0 radical (unpaired) electrons. The number of carbonyl (C=O) groups is 1. The van der Waals surface area contributed by atoms with E-state index in [2.05, 4.69) is 15.1 Å². The Kier molecular flexibility index (Phi) is 4.90. The number of pyridine rings is 1. The van der Waals surface area contributed by atoms with E-state index in [0.29, 0.717) is 0 Å². The molecule has 12 heteroatoms. The third kappa shape index (κ3) is 3.70. The molecule has 7 nitrogen and oxygen atoms in total. The largest absolute Gasteiger partial charge is 0.445 e. The number of nitrogens with zero attached hydrogens (tertiary/aromatic N) is 4. The fourth-order valence-corrected chi connectivity index (χ4v) is 3.44. The predicted octanol–water partition coefficient (Wildman–Crippen LogP) is 1.43. The first-order valence-corrected chi connectivity index (χ1v) is 8.91. The summed E-state index contributed by atoms with van der Waals surface area (Å²) in [6.45, 7) is 1.40. The van der Waals surface area contributed by atoms with Crippen molar-refractivity contribution >= 4 is 27.1 Å². The van der Waals surface area contributed by atoms with Crippen LogP contribution in [0.5, 0.6) is 0 Å². The van der Waals surface area contributed by atoms with Crippen molar-refractivity contribution in [3.63, 3.8) is 0 Å². The quantitative estimate of drug-likeness (QED) is 0.803. The maximum atomic E-state index is 12.6. The van der Waals surface area contributed by atoms with Crippen LogP contribution in [0.2, 0.25) is 0 Å². The van der Waals surface area contributed by atoms with Crippen LogP contribution in [0.15, 0.2) is 28.2 Å². The van der Waals surface area contributed by atoms with E-state index in [1.807, 2.05) is 0 Å². The van der Waals surface area contributed by atoms with Gasteiger partial charge in [-0.3, -0.25) is 4.79 Å². The molecule has 0 N–H and O–H groups in total. The fraction of sp³-hybridized carbons (Fsp3) is 0.333. The van der Waals surface area contributed by atoms with Gasteiger partial charge in [0, 0.05) is 13.2 Å². The third-order valence-electron chi connectivity index (χ3n) is 2.83. The Labute approximate surface area is 138 Å². The molecule has 0 unspecified atom stereocenters. The fourth-order valence-electron chi connectivity index (χ4n) is 1.66. The molecule has 0 aliphatic rings. The SMILES string of the molecule is CCS(=O)(=O)c1cccnc1C(=O)/N=c1\sc(C(F)(F)F)nn1C. The summed E-state index contributed by atoms with van der Waals surface area (Å²) in [5.41, 5.74) is -0.443. The lowest BCUT2D eigenvalue weighted by molar-refractivity contribution is -0.138. The Morgan fingerprint density at radius 1 is 1.42 bits per heavy atom. The van der Waals surface area contributed by atoms with E-state index >= 15 is 0 Å². The number of hydrogen-bond acceptors (Lipinski definition) is 6. The maximum absolute atomic E-state index is 12.6. The van der Waals surface area contributed by atoms with Gasteiger partial charge in [0.1, 0.15) is 5.69 Å². The van der Waals surface area contributed by atoms with Gasteiger partial charge in [-0.1, -0.05) is 18.3 Å². The standard InChI is InChI=1S/C12H11F3N4O3S2/c1-3-24(21,22)7-5-4-6-16-8(7)9(20)17-11-19(2)18-10(23-11)12(13,14)15/h4-6H,3H2,1-2H3/b17-11-. The van der Waals surface area contributed by atoms with Crippen LogP contribution in [0.4, 0.5) is 13.2 Å². The van der Waals surface area contributed by atoms with Gasteiger partial charge < -0.3 is 0 Å². The number of aromatic nitrogens is 3. The molecule has 0 bridgehead atoms. The van der Waals surface area contributed by atoms with Crippen LogP contribution in [-0.4, -0.2) is 34.8 Å². The zero-order valence-electron chi connectivity index (χ0n) is 12.4. The molecule has 130 valence electrons. The van der Waals surface area contributed by atoms with Crippen LogP contribution < -0.4 is 4.80 Å². The number of carbonyl (C=O) groups excluding carboxylic acids is 1. The lowest BCUT2D eigenvalue weighted by atomic mass is 10.3. The molecule has 0 atom stereocenters. The third-order valence-corrected chi connectivity index (χ3v) is 5.64. The molecular weight excluding hydrogens is 369 g/mol. The Hall–Kier alpha value is -2.08. The van der Waals surface area contributed by atoms with Crippen molar-refractivity contribution < 1.29 is 26.4 Å². The second kappa shape index (κ2) is 6.43. The van der Waals surface area contributed by atoms with Crippen LogP contribution in [0.3, 0.4) is 0 Å². The molecule has 2 heterocycles. The van der Waals surface area contributed by atoms with Crippen molar-refractivity contribution in [3.05, 3.63) is 33.8 Å². The van der Waals surface area contributed by atoms with Crippen LogP contribution in [-0.2, 0) is 23.1 Å². The van der Waals surface area contributed by atoms with Gasteiger partial charge in [0.25, 0.3) is 5.91 Å². The van der Waals surface area contributed by atoms with Crippen molar-refractivity contribution in [3.8, 4) is 0 Å². The van der Waals surface area contributed by atoms with Crippen molar-refractivity contribution in [1.82, 2.24) is 14.8 Å². The number of alkyl halides is 3. The second-order valence-electron chi connectivity index (χ2n) is 4.48. The lowest BCUT2D eigenvalue weighted by Gasteiger charge is -2.04. The molecule has 0 saturated carbocycles. The minimum Gasteiger partial charge on any atom is -0.265 e. The van der Waals surface area contributed by atoms with Gasteiger partial charge in [-0.05, 0) is 12.1 Å². The minimum absolute atomic E-state index is 0.171. The van der Waals surface area contributed by atoms with E-state index in [1.54, 1.807) is 0 Å². The Morgan fingerprint density at radius 3 is 2.62 bits per heavy atom. The Balaban J connectivity index is 2.55. The van der Waals surface area contributed by atoms with Gasteiger partial charge in [0.15, 0.2) is 9.84 Å². The number of sulfone groups is 1. The predicted molar refractivity (Wildman–Crippen MR) is 77.9 cm³/mol. The summed E-state index contributed by atoms with van der Waals surface area (Å²) >= 11 is 0.171. The first kappa shape index (κ1) is 18.3. The van der Waals surface area contributed by atoms with Crippen LogP contribution in [0, 0.1) is 0 Å². The van der Waals surface area contributed by atoms with Crippen LogP contribution in [0.1, 0.15) is 22.4 Å². The summed E-state index contributed by atoms with van der Waals surface area (Å²) in [5, 5.41) is 2.07. The Morgan fingerprint density at radius 2 is 2.08 bits per heavy atom. The van der Waals surface area contributed by atoms with Crippen molar-refractivity contribution in [2.75, 3.05) is 5.75 Å². The van der Waals surface area contributed by atoms with Crippen molar-refractivity contribution in [2.24, 2.45) is 12.0 Å². The highest BCUT2D eigenvalue weighted by molar-refractivity contribution is 7.91. The summed E-state index contributed by atoms with van der Waals surface area (Å²) < 4.78 is 62.6. The average molecular weight is 380 g/mol. The molecule has 0 spiro atoms. The van der Waals surface area contributed by atoms with Gasteiger partial charge in [0.2, 0.25) is 9.81 Å². The summed E-state index contributed by atoms with van der Waals surface area (Å²) in [7, 11) is -2.54. The van der Waals surface area contributed by atoms with E-state index in [-0.39, 0.29) is 26.8 Å². The zero-order valence-corrected chi connectivity index (χ0v) is 14.0. The maximum Gasteiger partial charge on any atom is 0.445 e. The normalized spacial score (nSPS) is 13.3. The molecule has 2 aromatic heterocycles. The lowest BCUT2D eigenvalue weighted by Crippen LogP contribution is -2.17. The van der Waals surface area contributed by atoms with E-state index in [9.17, 15) is 26.4 Å². The Bertz CT molecular complexity index is 945. The average Bonchev–Trinajstić information content (AvgIpc) is 2.88. The highest BCUT2D eigenvalue weighted by Gasteiger charge is 2.35. The molecule has 0 aliphatic heterocycles. The second-order valence-corrected chi connectivity index (χ2v) is 7.68. The first-order valence-electron chi connectivity index (χ1n) is 6.44. The van der Waals surface area contributed by atoms with E-state index < -0.39 is 32.6 Å².